The predicted octanol–water partition coefficient (Wildman–Crippen LogP) is 4.27. The Hall–Kier alpha value is -1.16. The monoisotopic (exact) mass is 515 g/mol. The first-order chi connectivity index (χ1) is 13.2. The third-order valence-corrected chi connectivity index (χ3v) is 5.40. The van der Waals surface area contributed by atoms with Crippen LogP contribution in [0.4, 0.5) is 0 Å². The number of hydrogen-bond donors (Lipinski definition) is 1. The van der Waals surface area contributed by atoms with Crippen LogP contribution in [0.5, 0.6) is 0 Å². The van der Waals surface area contributed by atoms with Crippen molar-refractivity contribution in [3.63, 3.8) is 0 Å². The minimum absolute atomic E-state index is 0. The summed E-state index contributed by atoms with van der Waals surface area (Å²) in [6.07, 6.45) is 2.31. The van der Waals surface area contributed by atoms with Crippen LogP contribution in [0.25, 0.3) is 0 Å². The molecule has 2 heterocycles. The number of halogens is 1. The predicted molar refractivity (Wildman–Crippen MR) is 126 cm³/mol. The number of guanidine groups is 1. The Morgan fingerprint density at radius 1 is 1.25 bits per heavy atom. The van der Waals surface area contributed by atoms with Crippen LogP contribution < -0.4 is 5.32 Å². The summed E-state index contributed by atoms with van der Waals surface area (Å²) in [5, 5.41) is 7.73. The Morgan fingerprint density at radius 2 is 2.04 bits per heavy atom. The molecule has 0 atom stereocenters. The maximum Gasteiger partial charge on any atom is 0.193 e. The number of rotatable bonds is 7. The number of nitrogens with one attached hydrogen (secondary N) is 1. The van der Waals surface area contributed by atoms with Crippen LogP contribution in [-0.2, 0) is 29.2 Å². The minimum Gasteiger partial charge on any atom is -0.381 e. The summed E-state index contributed by atoms with van der Waals surface area (Å²) >= 11 is 1.72. The first kappa shape index (κ1) is 23.1. The van der Waals surface area contributed by atoms with Crippen LogP contribution in [0.3, 0.4) is 0 Å². The van der Waals surface area contributed by atoms with Gasteiger partial charge in [-0.05, 0) is 46.4 Å². The molecule has 1 N–H and O–H groups in total. The van der Waals surface area contributed by atoms with Crippen molar-refractivity contribution in [1.29, 1.82) is 0 Å². The van der Waals surface area contributed by atoms with Crippen molar-refractivity contribution in [1.82, 2.24) is 10.2 Å². The number of nitrogens with zero attached hydrogens (tertiary/aromatic N) is 2. The molecule has 0 radical (unpaired) electrons. The van der Waals surface area contributed by atoms with Crippen molar-refractivity contribution < 1.29 is 9.47 Å². The van der Waals surface area contributed by atoms with Gasteiger partial charge in [-0.2, -0.15) is 11.3 Å². The van der Waals surface area contributed by atoms with Gasteiger partial charge in [-0.15, -0.1) is 24.0 Å². The van der Waals surface area contributed by atoms with Crippen molar-refractivity contribution in [3.8, 4) is 0 Å². The zero-order valence-corrected chi connectivity index (χ0v) is 19.7. The third-order valence-electron chi connectivity index (χ3n) is 4.67. The summed E-state index contributed by atoms with van der Waals surface area (Å²) in [5.74, 6) is 0.894. The molecular formula is C21H30IN3O2S. The number of hydrogen-bond acceptors (Lipinski definition) is 4. The second kappa shape index (κ2) is 12.4. The van der Waals surface area contributed by atoms with Crippen LogP contribution in [0.1, 0.15) is 29.5 Å². The highest BCUT2D eigenvalue weighted by Gasteiger charge is 2.14. The maximum atomic E-state index is 6.04. The summed E-state index contributed by atoms with van der Waals surface area (Å²) in [6, 6.07) is 10.7. The highest BCUT2D eigenvalue weighted by atomic mass is 127. The van der Waals surface area contributed by atoms with Crippen molar-refractivity contribution in [2.45, 2.75) is 38.6 Å². The Morgan fingerprint density at radius 3 is 2.75 bits per heavy atom. The number of thiophene rings is 1. The van der Waals surface area contributed by atoms with E-state index in [0.717, 1.165) is 45.1 Å². The lowest BCUT2D eigenvalue weighted by Crippen LogP contribution is -2.37. The minimum atomic E-state index is 0. The molecule has 1 aromatic carbocycles. The van der Waals surface area contributed by atoms with Gasteiger partial charge < -0.3 is 19.7 Å². The van der Waals surface area contributed by atoms with E-state index in [1.54, 1.807) is 11.3 Å². The van der Waals surface area contributed by atoms with Crippen LogP contribution in [0, 0.1) is 0 Å². The SMILES string of the molecule is CN=C(NCc1cccc(COC2CCOCC2)c1)N(C)Cc1ccsc1.I. The largest absolute Gasteiger partial charge is 0.381 e. The fourth-order valence-electron chi connectivity index (χ4n) is 3.18. The average molecular weight is 515 g/mol. The molecule has 0 unspecified atom stereocenters. The molecular weight excluding hydrogens is 485 g/mol. The number of benzene rings is 1. The number of aliphatic imine (C=N–C) groups is 1. The maximum absolute atomic E-state index is 6.04. The normalized spacial score (nSPS) is 15.1. The fraction of sp³-hybridized carbons (Fsp3) is 0.476. The molecule has 0 saturated carbocycles. The van der Waals surface area contributed by atoms with E-state index >= 15 is 0 Å². The van der Waals surface area contributed by atoms with Gasteiger partial charge in [-0.3, -0.25) is 4.99 Å². The molecule has 0 aliphatic carbocycles. The molecule has 2 aromatic rings. The van der Waals surface area contributed by atoms with E-state index in [1.165, 1.54) is 16.7 Å². The third kappa shape index (κ3) is 7.35. The van der Waals surface area contributed by atoms with Gasteiger partial charge in [0.2, 0.25) is 0 Å². The lowest BCUT2D eigenvalue weighted by molar-refractivity contribution is -0.0390. The fourth-order valence-corrected chi connectivity index (χ4v) is 3.84. The molecule has 5 nitrogen and oxygen atoms in total. The molecule has 1 saturated heterocycles. The van der Waals surface area contributed by atoms with E-state index in [0.29, 0.717) is 12.7 Å². The summed E-state index contributed by atoms with van der Waals surface area (Å²) in [4.78, 5) is 6.54. The summed E-state index contributed by atoms with van der Waals surface area (Å²) < 4.78 is 11.4. The molecule has 7 heteroatoms. The highest BCUT2D eigenvalue weighted by Crippen LogP contribution is 2.14. The Kier molecular flexibility index (Phi) is 10.3. The lowest BCUT2D eigenvalue weighted by Gasteiger charge is -2.23. The van der Waals surface area contributed by atoms with Gasteiger partial charge in [-0.1, -0.05) is 24.3 Å². The van der Waals surface area contributed by atoms with E-state index in [1.807, 2.05) is 7.05 Å². The molecule has 28 heavy (non-hydrogen) atoms. The van der Waals surface area contributed by atoms with E-state index in [9.17, 15) is 0 Å². The molecule has 154 valence electrons. The van der Waals surface area contributed by atoms with Gasteiger partial charge in [0, 0.05) is 40.4 Å². The zero-order valence-electron chi connectivity index (χ0n) is 16.6. The van der Waals surface area contributed by atoms with Gasteiger partial charge in [0.05, 0.1) is 12.7 Å². The zero-order chi connectivity index (χ0) is 18.9. The quantitative estimate of drug-likeness (QED) is 0.340. The van der Waals surface area contributed by atoms with Gasteiger partial charge in [0.15, 0.2) is 5.96 Å². The summed E-state index contributed by atoms with van der Waals surface area (Å²) in [7, 11) is 3.88. The van der Waals surface area contributed by atoms with Crippen LogP contribution >= 0.6 is 35.3 Å². The van der Waals surface area contributed by atoms with Crippen LogP contribution in [0.15, 0.2) is 46.1 Å². The Balaban J connectivity index is 0.00000280. The van der Waals surface area contributed by atoms with E-state index < -0.39 is 0 Å². The highest BCUT2D eigenvalue weighted by molar-refractivity contribution is 14.0. The molecule has 0 bridgehead atoms. The standard InChI is InChI=1S/C21H29N3O2S.HI/c1-22-21(24(2)14-19-8-11-27-16-19)23-13-17-4-3-5-18(12-17)15-26-20-6-9-25-10-7-20;/h3-5,8,11-12,16,20H,6-7,9-10,13-15H2,1-2H3,(H,22,23);1H. The lowest BCUT2D eigenvalue weighted by atomic mass is 10.1. The van der Waals surface area contributed by atoms with Gasteiger partial charge in [0.1, 0.15) is 0 Å². The molecule has 1 aromatic heterocycles. The smallest absolute Gasteiger partial charge is 0.193 e. The van der Waals surface area contributed by atoms with E-state index in [2.05, 4.69) is 63.3 Å². The average Bonchev–Trinajstić information content (AvgIpc) is 3.21. The molecule has 1 fully saturated rings. The van der Waals surface area contributed by atoms with Crippen molar-refractivity contribution in [2.75, 3.05) is 27.3 Å². The van der Waals surface area contributed by atoms with Crippen molar-refractivity contribution in [2.24, 2.45) is 4.99 Å². The molecule has 3 rings (SSSR count). The molecule has 0 spiro atoms. The van der Waals surface area contributed by atoms with Gasteiger partial charge in [0.25, 0.3) is 0 Å². The van der Waals surface area contributed by atoms with Crippen molar-refractivity contribution >= 4 is 41.3 Å². The number of ether oxygens (including phenoxy) is 2. The van der Waals surface area contributed by atoms with E-state index in [4.69, 9.17) is 9.47 Å². The summed E-state index contributed by atoms with van der Waals surface area (Å²) in [5.41, 5.74) is 3.74. The van der Waals surface area contributed by atoms with Crippen LogP contribution in [0.2, 0.25) is 0 Å². The second-order valence-corrected chi connectivity index (χ2v) is 7.61. The first-order valence-electron chi connectivity index (χ1n) is 9.44. The Labute approximate surface area is 189 Å². The van der Waals surface area contributed by atoms with Crippen molar-refractivity contribution in [3.05, 3.63) is 57.8 Å². The first-order valence-corrected chi connectivity index (χ1v) is 10.4. The Bertz CT molecular complexity index is 718. The van der Waals surface area contributed by atoms with Gasteiger partial charge in [-0.25, -0.2) is 0 Å². The summed E-state index contributed by atoms with van der Waals surface area (Å²) in [6.45, 7) is 3.87. The van der Waals surface area contributed by atoms with Crippen LogP contribution in [-0.4, -0.2) is 44.3 Å². The molecule has 1 aliphatic heterocycles. The molecule has 0 amide bonds. The van der Waals surface area contributed by atoms with E-state index in [-0.39, 0.29) is 24.0 Å². The topological polar surface area (TPSA) is 46.1 Å². The molecule has 1 aliphatic rings. The second-order valence-electron chi connectivity index (χ2n) is 6.83. The van der Waals surface area contributed by atoms with Gasteiger partial charge >= 0.3 is 0 Å².